The number of amides is 1. The number of nitrogens with zero attached hydrogens (tertiary/aromatic N) is 1. The van der Waals surface area contributed by atoms with Gasteiger partial charge in [-0.05, 0) is 49.2 Å². The second-order valence-electron chi connectivity index (χ2n) is 5.81. The van der Waals surface area contributed by atoms with E-state index in [1.54, 1.807) is 29.2 Å². The lowest BCUT2D eigenvalue weighted by Gasteiger charge is -2.23. The number of nitrogens with one attached hydrogen (secondary N) is 1. The van der Waals surface area contributed by atoms with Gasteiger partial charge in [-0.2, -0.15) is 0 Å². The van der Waals surface area contributed by atoms with Gasteiger partial charge in [0, 0.05) is 23.0 Å². The largest absolute Gasteiger partial charge is 0.305 e. The lowest BCUT2D eigenvalue weighted by molar-refractivity contribution is 0.0981. The predicted molar refractivity (Wildman–Crippen MR) is 91.3 cm³/mol. The Labute approximate surface area is 136 Å². The number of sulfonamides is 1. The smallest absolute Gasteiger partial charge is 0.258 e. The van der Waals surface area contributed by atoms with Gasteiger partial charge in [0.25, 0.3) is 5.91 Å². The van der Waals surface area contributed by atoms with E-state index < -0.39 is 10.0 Å². The summed E-state index contributed by atoms with van der Waals surface area (Å²) in [7, 11) is -3.32. The summed E-state index contributed by atoms with van der Waals surface area (Å²) in [6, 6.07) is 14.5. The van der Waals surface area contributed by atoms with E-state index in [1.807, 2.05) is 31.2 Å². The summed E-state index contributed by atoms with van der Waals surface area (Å²) in [5, 5.41) is 0. The third-order valence-electron chi connectivity index (χ3n) is 3.86. The van der Waals surface area contributed by atoms with Crippen LogP contribution in [0.2, 0.25) is 0 Å². The third-order valence-corrected chi connectivity index (χ3v) is 4.47. The Morgan fingerprint density at radius 2 is 1.78 bits per heavy atom. The van der Waals surface area contributed by atoms with Crippen molar-refractivity contribution in [2.24, 2.45) is 0 Å². The molecule has 3 rings (SSSR count). The SMILES string of the molecule is C[C@H]1Cc2ccccc2N1C(=O)c1ccc(NS(C)(=O)=O)cc1. The topological polar surface area (TPSA) is 66.5 Å². The van der Waals surface area contributed by atoms with Crippen LogP contribution in [0.3, 0.4) is 0 Å². The third kappa shape index (κ3) is 3.22. The van der Waals surface area contributed by atoms with Gasteiger partial charge in [0.15, 0.2) is 0 Å². The summed E-state index contributed by atoms with van der Waals surface area (Å²) in [4.78, 5) is 14.6. The van der Waals surface area contributed by atoms with Gasteiger partial charge in [-0.15, -0.1) is 0 Å². The van der Waals surface area contributed by atoms with Crippen molar-refractivity contribution in [2.75, 3.05) is 15.9 Å². The van der Waals surface area contributed by atoms with Crippen LogP contribution in [0.1, 0.15) is 22.8 Å². The summed E-state index contributed by atoms with van der Waals surface area (Å²) >= 11 is 0. The summed E-state index contributed by atoms with van der Waals surface area (Å²) in [5.41, 5.74) is 3.10. The fraction of sp³-hybridized carbons (Fsp3) is 0.235. The van der Waals surface area contributed by atoms with Crippen LogP contribution in [0.5, 0.6) is 0 Å². The van der Waals surface area contributed by atoms with Crippen molar-refractivity contribution in [2.45, 2.75) is 19.4 Å². The molecule has 1 atom stereocenters. The maximum absolute atomic E-state index is 12.8. The van der Waals surface area contributed by atoms with Gasteiger partial charge in [-0.3, -0.25) is 9.52 Å². The second-order valence-corrected chi connectivity index (χ2v) is 7.56. The summed E-state index contributed by atoms with van der Waals surface area (Å²) < 4.78 is 24.8. The number of fused-ring (bicyclic) bond motifs is 1. The highest BCUT2D eigenvalue weighted by Crippen LogP contribution is 2.33. The molecule has 0 fully saturated rings. The van der Waals surface area contributed by atoms with Crippen LogP contribution in [0, 0.1) is 0 Å². The van der Waals surface area contributed by atoms with Gasteiger partial charge in [-0.1, -0.05) is 18.2 Å². The number of carbonyl (C=O) groups is 1. The predicted octanol–water partition coefficient (Wildman–Crippen LogP) is 2.65. The van der Waals surface area contributed by atoms with E-state index in [-0.39, 0.29) is 11.9 Å². The van der Waals surface area contributed by atoms with Crippen molar-refractivity contribution in [3.05, 3.63) is 59.7 Å². The van der Waals surface area contributed by atoms with Gasteiger partial charge < -0.3 is 4.90 Å². The Bertz CT molecular complexity index is 844. The first-order valence-corrected chi connectivity index (χ1v) is 9.23. The minimum Gasteiger partial charge on any atom is -0.305 e. The maximum atomic E-state index is 12.8. The number of rotatable bonds is 3. The molecule has 1 aliphatic heterocycles. The number of hydrogen-bond donors (Lipinski definition) is 1. The highest BCUT2D eigenvalue weighted by Gasteiger charge is 2.31. The molecule has 0 saturated heterocycles. The standard InChI is InChI=1S/C17H18N2O3S/c1-12-11-14-5-3-4-6-16(14)19(12)17(20)13-7-9-15(10-8-13)18-23(2,21)22/h3-10,12,18H,11H2,1-2H3/t12-/m0/s1. The van der Waals surface area contributed by atoms with E-state index in [4.69, 9.17) is 0 Å². The second kappa shape index (κ2) is 5.70. The highest BCUT2D eigenvalue weighted by atomic mass is 32.2. The Hall–Kier alpha value is -2.34. The molecule has 0 bridgehead atoms. The van der Waals surface area contributed by atoms with Crippen molar-refractivity contribution < 1.29 is 13.2 Å². The minimum atomic E-state index is -3.32. The van der Waals surface area contributed by atoms with E-state index in [0.717, 1.165) is 18.4 Å². The molecule has 0 spiro atoms. The van der Waals surface area contributed by atoms with Crippen LogP contribution in [0.25, 0.3) is 0 Å². The molecule has 0 aromatic heterocycles. The van der Waals surface area contributed by atoms with Gasteiger partial charge >= 0.3 is 0 Å². The maximum Gasteiger partial charge on any atom is 0.258 e. The first kappa shape index (κ1) is 15.6. The molecule has 0 radical (unpaired) electrons. The normalized spacial score (nSPS) is 17.0. The Kier molecular flexibility index (Phi) is 3.85. The van der Waals surface area contributed by atoms with Crippen molar-refractivity contribution in [1.82, 2.24) is 0 Å². The van der Waals surface area contributed by atoms with Crippen LogP contribution < -0.4 is 9.62 Å². The number of para-hydroxylation sites is 1. The van der Waals surface area contributed by atoms with E-state index in [9.17, 15) is 13.2 Å². The highest BCUT2D eigenvalue weighted by molar-refractivity contribution is 7.92. The van der Waals surface area contributed by atoms with E-state index in [0.29, 0.717) is 11.3 Å². The average Bonchev–Trinajstić information content (AvgIpc) is 2.81. The van der Waals surface area contributed by atoms with E-state index >= 15 is 0 Å². The van der Waals surface area contributed by atoms with Crippen LogP contribution >= 0.6 is 0 Å². The van der Waals surface area contributed by atoms with Crippen LogP contribution in [-0.4, -0.2) is 26.6 Å². The molecule has 2 aromatic carbocycles. The summed E-state index contributed by atoms with van der Waals surface area (Å²) in [5.74, 6) is -0.0756. The average molecular weight is 330 g/mol. The zero-order chi connectivity index (χ0) is 16.6. The summed E-state index contributed by atoms with van der Waals surface area (Å²) in [6.07, 6.45) is 1.94. The Morgan fingerprint density at radius 1 is 1.13 bits per heavy atom. The summed E-state index contributed by atoms with van der Waals surface area (Å²) in [6.45, 7) is 2.03. The lowest BCUT2D eigenvalue weighted by Crippen LogP contribution is -2.35. The van der Waals surface area contributed by atoms with Crippen molar-refractivity contribution in [1.29, 1.82) is 0 Å². The van der Waals surface area contributed by atoms with Gasteiger partial charge in [0.05, 0.1) is 6.26 Å². The number of hydrogen-bond acceptors (Lipinski definition) is 3. The van der Waals surface area contributed by atoms with E-state index in [2.05, 4.69) is 4.72 Å². The molecule has 2 aromatic rings. The molecule has 0 unspecified atom stereocenters. The number of benzene rings is 2. The molecule has 6 heteroatoms. The number of anilines is 2. The molecule has 120 valence electrons. The molecule has 1 N–H and O–H groups in total. The van der Waals surface area contributed by atoms with Crippen LogP contribution in [-0.2, 0) is 16.4 Å². The molecular formula is C17H18N2O3S. The molecule has 5 nitrogen and oxygen atoms in total. The monoisotopic (exact) mass is 330 g/mol. The molecule has 1 aliphatic rings. The van der Waals surface area contributed by atoms with Crippen LogP contribution in [0.4, 0.5) is 11.4 Å². The molecule has 0 aliphatic carbocycles. The molecule has 0 saturated carbocycles. The van der Waals surface area contributed by atoms with Crippen LogP contribution in [0.15, 0.2) is 48.5 Å². The fourth-order valence-electron chi connectivity index (χ4n) is 2.91. The molecule has 1 heterocycles. The number of carbonyl (C=O) groups excluding carboxylic acids is 1. The zero-order valence-corrected chi connectivity index (χ0v) is 13.8. The first-order chi connectivity index (χ1) is 10.8. The van der Waals surface area contributed by atoms with Gasteiger partial charge in [-0.25, -0.2) is 8.42 Å². The molecular weight excluding hydrogens is 312 g/mol. The lowest BCUT2D eigenvalue weighted by atomic mass is 10.1. The Morgan fingerprint density at radius 3 is 2.43 bits per heavy atom. The zero-order valence-electron chi connectivity index (χ0n) is 13.0. The minimum absolute atomic E-state index is 0.0756. The quantitative estimate of drug-likeness (QED) is 0.941. The van der Waals surface area contributed by atoms with Crippen molar-refractivity contribution in [3.63, 3.8) is 0 Å². The first-order valence-electron chi connectivity index (χ1n) is 7.34. The van der Waals surface area contributed by atoms with E-state index in [1.165, 1.54) is 5.56 Å². The van der Waals surface area contributed by atoms with Crippen molar-refractivity contribution in [3.8, 4) is 0 Å². The Balaban J connectivity index is 1.86. The van der Waals surface area contributed by atoms with Crippen molar-refractivity contribution >= 4 is 27.3 Å². The van der Waals surface area contributed by atoms with Gasteiger partial charge in [0.2, 0.25) is 10.0 Å². The fourth-order valence-corrected chi connectivity index (χ4v) is 3.47. The van der Waals surface area contributed by atoms with Gasteiger partial charge in [0.1, 0.15) is 0 Å². The molecule has 23 heavy (non-hydrogen) atoms. The molecule has 1 amide bonds.